The van der Waals surface area contributed by atoms with Gasteiger partial charge in [-0.1, -0.05) is 0 Å². The first kappa shape index (κ1) is 15.2. The first-order valence-electron chi connectivity index (χ1n) is 6.42. The van der Waals surface area contributed by atoms with Gasteiger partial charge in [-0.2, -0.15) is 11.3 Å². The number of amides is 4. The molecule has 7 nitrogen and oxygen atoms in total. The molecule has 0 aliphatic carbocycles. The maximum absolute atomic E-state index is 12.0. The lowest BCUT2D eigenvalue weighted by molar-refractivity contribution is -0.149. The molecule has 1 fully saturated rings. The zero-order valence-electron chi connectivity index (χ0n) is 11.4. The summed E-state index contributed by atoms with van der Waals surface area (Å²) in [5.74, 6) is -1.56. The van der Waals surface area contributed by atoms with Gasteiger partial charge in [-0.05, 0) is 18.4 Å². The molecular weight excluding hydrogens is 294 g/mol. The Labute approximate surface area is 125 Å². The molecule has 1 aliphatic heterocycles. The molecule has 112 valence electrons. The van der Waals surface area contributed by atoms with Gasteiger partial charge in [-0.3, -0.25) is 24.5 Å². The summed E-state index contributed by atoms with van der Waals surface area (Å²) >= 11 is 1.41. The summed E-state index contributed by atoms with van der Waals surface area (Å²) in [4.78, 5) is 47.7. The third-order valence-electron chi connectivity index (χ3n) is 3.15. The molecule has 0 radical (unpaired) electrons. The highest BCUT2D eigenvalue weighted by Gasteiger charge is 2.33. The molecule has 0 aromatic carbocycles. The standard InChI is InChI=1S/C13H15N3O4S/c1-8-12(19)15-10(17)6-16(8)11(18)2-4-14-13(20)9-3-5-21-7-9/h3,5,7-8H,2,4,6H2,1H3,(H,14,20)(H,15,17,19). The van der Waals surface area contributed by atoms with E-state index in [1.54, 1.807) is 23.8 Å². The second-order valence-electron chi connectivity index (χ2n) is 4.63. The van der Waals surface area contributed by atoms with Crippen LogP contribution in [0.5, 0.6) is 0 Å². The van der Waals surface area contributed by atoms with Gasteiger partial charge >= 0.3 is 0 Å². The Morgan fingerprint density at radius 2 is 2.24 bits per heavy atom. The number of piperazine rings is 1. The summed E-state index contributed by atoms with van der Waals surface area (Å²) in [7, 11) is 0. The summed E-state index contributed by atoms with van der Waals surface area (Å²) < 4.78 is 0. The van der Waals surface area contributed by atoms with Crippen LogP contribution in [-0.2, 0) is 14.4 Å². The number of carbonyl (C=O) groups is 4. The van der Waals surface area contributed by atoms with Gasteiger partial charge in [-0.15, -0.1) is 0 Å². The van der Waals surface area contributed by atoms with Crippen LogP contribution in [0.1, 0.15) is 23.7 Å². The third-order valence-corrected chi connectivity index (χ3v) is 3.83. The Morgan fingerprint density at radius 1 is 1.48 bits per heavy atom. The molecule has 1 aliphatic rings. The predicted octanol–water partition coefficient (Wildman–Crippen LogP) is -0.259. The quantitative estimate of drug-likeness (QED) is 0.749. The molecule has 2 N–H and O–H groups in total. The molecule has 1 atom stereocenters. The molecule has 1 aromatic rings. The molecule has 0 bridgehead atoms. The van der Waals surface area contributed by atoms with E-state index in [1.165, 1.54) is 16.2 Å². The molecule has 21 heavy (non-hydrogen) atoms. The van der Waals surface area contributed by atoms with Crippen LogP contribution >= 0.6 is 11.3 Å². The van der Waals surface area contributed by atoms with Gasteiger partial charge in [-0.25, -0.2) is 0 Å². The lowest BCUT2D eigenvalue weighted by Gasteiger charge is -2.31. The van der Waals surface area contributed by atoms with E-state index >= 15 is 0 Å². The monoisotopic (exact) mass is 309 g/mol. The SMILES string of the molecule is CC1C(=O)NC(=O)CN1C(=O)CCNC(=O)c1ccsc1. The molecule has 4 amide bonds. The second-order valence-corrected chi connectivity index (χ2v) is 5.41. The highest BCUT2D eigenvalue weighted by molar-refractivity contribution is 7.08. The van der Waals surface area contributed by atoms with Crippen molar-refractivity contribution in [3.8, 4) is 0 Å². The van der Waals surface area contributed by atoms with Crippen molar-refractivity contribution in [3.63, 3.8) is 0 Å². The lowest BCUT2D eigenvalue weighted by atomic mass is 10.2. The van der Waals surface area contributed by atoms with Gasteiger partial charge in [0.25, 0.3) is 5.91 Å². The number of rotatable bonds is 4. The number of nitrogens with one attached hydrogen (secondary N) is 2. The minimum atomic E-state index is -0.678. The van der Waals surface area contributed by atoms with Crippen LogP contribution in [0.25, 0.3) is 0 Å². The first-order chi connectivity index (χ1) is 9.99. The van der Waals surface area contributed by atoms with Crippen molar-refractivity contribution in [1.82, 2.24) is 15.5 Å². The Morgan fingerprint density at radius 3 is 2.90 bits per heavy atom. The van der Waals surface area contributed by atoms with Gasteiger partial charge in [0, 0.05) is 23.9 Å². The molecule has 0 spiro atoms. The molecule has 8 heteroatoms. The van der Waals surface area contributed by atoms with Crippen molar-refractivity contribution < 1.29 is 19.2 Å². The van der Waals surface area contributed by atoms with Crippen molar-refractivity contribution >= 4 is 35.0 Å². The lowest BCUT2D eigenvalue weighted by Crippen LogP contribution is -2.58. The summed E-state index contributed by atoms with van der Waals surface area (Å²) in [6.07, 6.45) is 0.0424. The van der Waals surface area contributed by atoms with E-state index in [1.807, 2.05) is 0 Å². The van der Waals surface area contributed by atoms with Gasteiger partial charge in [0.1, 0.15) is 12.6 Å². The van der Waals surface area contributed by atoms with Crippen LogP contribution in [0.4, 0.5) is 0 Å². The van der Waals surface area contributed by atoms with E-state index in [0.717, 1.165) is 0 Å². The Hall–Kier alpha value is -2.22. The van der Waals surface area contributed by atoms with Crippen LogP contribution in [0.2, 0.25) is 0 Å². The average Bonchev–Trinajstić information content (AvgIpc) is 2.96. The number of hydrogen-bond acceptors (Lipinski definition) is 5. The predicted molar refractivity (Wildman–Crippen MR) is 75.6 cm³/mol. The molecule has 1 aromatic heterocycles. The van der Waals surface area contributed by atoms with E-state index in [4.69, 9.17) is 0 Å². The summed E-state index contributed by atoms with van der Waals surface area (Å²) in [5.41, 5.74) is 0.549. The first-order valence-corrected chi connectivity index (χ1v) is 7.37. The van der Waals surface area contributed by atoms with E-state index in [9.17, 15) is 19.2 Å². The van der Waals surface area contributed by atoms with E-state index in [0.29, 0.717) is 5.56 Å². The second kappa shape index (κ2) is 6.49. The van der Waals surface area contributed by atoms with Gasteiger partial charge in [0.2, 0.25) is 17.7 Å². The van der Waals surface area contributed by atoms with Crippen molar-refractivity contribution in [2.75, 3.05) is 13.1 Å². The van der Waals surface area contributed by atoms with Crippen LogP contribution in [0.15, 0.2) is 16.8 Å². The smallest absolute Gasteiger partial charge is 0.252 e. The third kappa shape index (κ3) is 3.66. The number of carbonyl (C=O) groups excluding carboxylic acids is 4. The molecule has 2 heterocycles. The molecule has 1 saturated heterocycles. The molecular formula is C13H15N3O4S. The van der Waals surface area contributed by atoms with Crippen molar-refractivity contribution in [3.05, 3.63) is 22.4 Å². The van der Waals surface area contributed by atoms with Crippen LogP contribution in [0.3, 0.4) is 0 Å². The minimum absolute atomic E-state index is 0.0424. The maximum atomic E-state index is 12.0. The van der Waals surface area contributed by atoms with Crippen LogP contribution < -0.4 is 10.6 Å². The number of thiophene rings is 1. The maximum Gasteiger partial charge on any atom is 0.252 e. The topological polar surface area (TPSA) is 95.6 Å². The number of nitrogens with zero attached hydrogens (tertiary/aromatic N) is 1. The van der Waals surface area contributed by atoms with Crippen LogP contribution in [-0.4, -0.2) is 47.7 Å². The highest BCUT2D eigenvalue weighted by Crippen LogP contribution is 2.07. The Bertz CT molecular complexity index is 570. The normalized spacial score (nSPS) is 18.3. The average molecular weight is 309 g/mol. The molecule has 2 rings (SSSR count). The zero-order chi connectivity index (χ0) is 15.4. The zero-order valence-corrected chi connectivity index (χ0v) is 12.2. The fraction of sp³-hybridized carbons (Fsp3) is 0.385. The van der Waals surface area contributed by atoms with Gasteiger partial charge in [0.05, 0.1) is 0 Å². The van der Waals surface area contributed by atoms with Crippen molar-refractivity contribution in [2.45, 2.75) is 19.4 Å². The largest absolute Gasteiger partial charge is 0.351 e. The van der Waals surface area contributed by atoms with E-state index in [2.05, 4.69) is 10.6 Å². The summed E-state index contributed by atoms with van der Waals surface area (Å²) in [5, 5.41) is 8.30. The van der Waals surface area contributed by atoms with E-state index < -0.39 is 17.9 Å². The number of imide groups is 1. The molecule has 0 saturated carbocycles. The van der Waals surface area contributed by atoms with Gasteiger partial charge in [0.15, 0.2) is 0 Å². The van der Waals surface area contributed by atoms with Gasteiger partial charge < -0.3 is 10.2 Å². The fourth-order valence-corrected chi connectivity index (χ4v) is 2.58. The Balaban J connectivity index is 1.83. The highest BCUT2D eigenvalue weighted by atomic mass is 32.1. The van der Waals surface area contributed by atoms with Crippen molar-refractivity contribution in [1.29, 1.82) is 0 Å². The molecule has 1 unspecified atom stereocenters. The number of hydrogen-bond donors (Lipinski definition) is 2. The minimum Gasteiger partial charge on any atom is -0.351 e. The van der Waals surface area contributed by atoms with E-state index in [-0.39, 0.29) is 31.3 Å². The van der Waals surface area contributed by atoms with Crippen LogP contribution in [0, 0.1) is 0 Å². The summed E-state index contributed by atoms with van der Waals surface area (Å²) in [6.45, 7) is 1.58. The fourth-order valence-electron chi connectivity index (χ4n) is 1.94. The van der Waals surface area contributed by atoms with Crippen molar-refractivity contribution in [2.24, 2.45) is 0 Å². The Kier molecular flexibility index (Phi) is 4.69. The summed E-state index contributed by atoms with van der Waals surface area (Å²) in [6, 6.07) is 1.01.